The van der Waals surface area contributed by atoms with Crippen molar-refractivity contribution in [1.82, 2.24) is 0 Å². The minimum absolute atomic E-state index is 0.148. The zero-order chi connectivity index (χ0) is 5.98. The first-order valence-corrected chi connectivity index (χ1v) is 2.68. The van der Waals surface area contributed by atoms with Gasteiger partial charge in [0.15, 0.2) is 6.10 Å². The van der Waals surface area contributed by atoms with E-state index in [-0.39, 0.29) is 6.10 Å². The summed E-state index contributed by atoms with van der Waals surface area (Å²) in [5.41, 5.74) is 5.22. The van der Waals surface area contributed by atoms with Crippen LogP contribution in [0.4, 0.5) is 0 Å². The molecular formula is C4H6N2OS. The minimum Gasteiger partial charge on any atom is -0.390 e. The van der Waals surface area contributed by atoms with Crippen molar-refractivity contribution in [2.75, 3.05) is 0 Å². The topological polar surface area (TPSA) is 47.6 Å². The average Bonchev–Trinajstić information content (AvgIpc) is 2.12. The molecule has 3 nitrogen and oxygen atoms in total. The van der Waals surface area contributed by atoms with Crippen molar-refractivity contribution in [3.05, 3.63) is 0 Å². The van der Waals surface area contributed by atoms with Crippen LogP contribution in [0.1, 0.15) is 6.42 Å². The normalized spacial score (nSPS) is 25.2. The van der Waals surface area contributed by atoms with Gasteiger partial charge in [-0.25, -0.2) is 0 Å². The molecule has 0 fully saturated rings. The maximum absolute atomic E-state index is 5.22. The maximum Gasteiger partial charge on any atom is 0.181 e. The molecule has 0 saturated heterocycles. The molecule has 0 aromatic rings. The fourth-order valence-corrected chi connectivity index (χ4v) is 0.606. The molecule has 8 heavy (non-hydrogen) atoms. The van der Waals surface area contributed by atoms with Crippen LogP contribution in [0.3, 0.4) is 0 Å². The molecule has 0 aromatic carbocycles. The molecule has 0 aliphatic carbocycles. The Morgan fingerprint density at radius 1 is 2.00 bits per heavy atom. The highest BCUT2D eigenvalue weighted by Crippen LogP contribution is 2.03. The molecule has 1 rings (SSSR count). The van der Waals surface area contributed by atoms with Crippen LogP contribution in [-0.2, 0) is 4.84 Å². The number of oxime groups is 1. The summed E-state index contributed by atoms with van der Waals surface area (Å²) in [6.07, 6.45) is 2.23. The first-order chi connectivity index (χ1) is 3.80. The molecule has 0 aromatic heterocycles. The van der Waals surface area contributed by atoms with Crippen LogP contribution in [0, 0.1) is 0 Å². The summed E-state index contributed by atoms with van der Waals surface area (Å²) in [6, 6.07) is 0. The molecule has 2 N–H and O–H groups in total. The fraction of sp³-hybridized carbons (Fsp3) is 0.500. The van der Waals surface area contributed by atoms with Crippen molar-refractivity contribution < 1.29 is 4.84 Å². The van der Waals surface area contributed by atoms with E-state index in [2.05, 4.69) is 17.4 Å². The van der Waals surface area contributed by atoms with Gasteiger partial charge in [-0.15, -0.1) is 0 Å². The van der Waals surface area contributed by atoms with Gasteiger partial charge in [0.05, 0.1) is 0 Å². The lowest BCUT2D eigenvalue weighted by molar-refractivity contribution is 0.134. The Hall–Kier alpha value is -0.640. The van der Waals surface area contributed by atoms with E-state index in [4.69, 9.17) is 10.6 Å². The van der Waals surface area contributed by atoms with Gasteiger partial charge in [-0.2, -0.15) is 0 Å². The SMILES string of the molecule is NC(=S)C1CC=NO1. The molecule has 1 aliphatic heterocycles. The molecule has 0 saturated carbocycles. The molecule has 4 heteroatoms. The Bertz CT molecular complexity index is 126. The van der Waals surface area contributed by atoms with Crippen LogP contribution >= 0.6 is 12.2 Å². The van der Waals surface area contributed by atoms with Gasteiger partial charge in [-0.1, -0.05) is 17.4 Å². The number of thiocarbonyl (C=S) groups is 1. The maximum atomic E-state index is 5.22. The van der Waals surface area contributed by atoms with Gasteiger partial charge in [-0.05, 0) is 0 Å². The van der Waals surface area contributed by atoms with Crippen molar-refractivity contribution in [1.29, 1.82) is 0 Å². The Morgan fingerprint density at radius 2 is 2.75 bits per heavy atom. The number of nitrogens with zero attached hydrogens (tertiary/aromatic N) is 1. The van der Waals surface area contributed by atoms with Crippen molar-refractivity contribution >= 4 is 23.4 Å². The third-order valence-electron chi connectivity index (χ3n) is 0.899. The van der Waals surface area contributed by atoms with Crippen LogP contribution in [-0.4, -0.2) is 17.3 Å². The third kappa shape index (κ3) is 0.949. The smallest absolute Gasteiger partial charge is 0.181 e. The minimum atomic E-state index is -0.148. The lowest BCUT2D eigenvalue weighted by Crippen LogP contribution is -2.25. The Labute approximate surface area is 52.5 Å². The molecule has 0 spiro atoms. The summed E-state index contributed by atoms with van der Waals surface area (Å²) in [6.45, 7) is 0. The van der Waals surface area contributed by atoms with Gasteiger partial charge in [0, 0.05) is 12.6 Å². The lowest BCUT2D eigenvalue weighted by Gasteiger charge is -2.02. The second kappa shape index (κ2) is 2.09. The Morgan fingerprint density at radius 3 is 3.00 bits per heavy atom. The first kappa shape index (κ1) is 5.50. The highest BCUT2D eigenvalue weighted by Gasteiger charge is 2.14. The summed E-state index contributed by atoms with van der Waals surface area (Å²) >= 11 is 4.63. The van der Waals surface area contributed by atoms with Crippen molar-refractivity contribution in [2.24, 2.45) is 10.9 Å². The monoisotopic (exact) mass is 130 g/mol. The van der Waals surface area contributed by atoms with E-state index in [1.165, 1.54) is 0 Å². The average molecular weight is 130 g/mol. The number of hydrogen-bond acceptors (Lipinski definition) is 3. The molecule has 0 radical (unpaired) electrons. The zero-order valence-corrected chi connectivity index (χ0v) is 5.02. The van der Waals surface area contributed by atoms with Gasteiger partial charge < -0.3 is 10.6 Å². The second-order valence-corrected chi connectivity index (χ2v) is 1.99. The van der Waals surface area contributed by atoms with Crippen LogP contribution in [0.25, 0.3) is 0 Å². The van der Waals surface area contributed by atoms with Crippen LogP contribution in [0.5, 0.6) is 0 Å². The predicted molar refractivity (Wildman–Crippen MR) is 34.8 cm³/mol. The van der Waals surface area contributed by atoms with Gasteiger partial charge in [-0.3, -0.25) is 0 Å². The first-order valence-electron chi connectivity index (χ1n) is 2.27. The van der Waals surface area contributed by atoms with E-state index < -0.39 is 0 Å². The third-order valence-corrected chi connectivity index (χ3v) is 1.16. The number of hydrogen-bond donors (Lipinski definition) is 1. The molecule has 1 unspecified atom stereocenters. The van der Waals surface area contributed by atoms with Gasteiger partial charge in [0.2, 0.25) is 0 Å². The van der Waals surface area contributed by atoms with E-state index in [9.17, 15) is 0 Å². The van der Waals surface area contributed by atoms with Crippen LogP contribution in [0.2, 0.25) is 0 Å². The summed E-state index contributed by atoms with van der Waals surface area (Å²) < 4.78 is 0. The summed E-state index contributed by atoms with van der Waals surface area (Å²) in [7, 11) is 0. The van der Waals surface area contributed by atoms with Crippen molar-refractivity contribution in [2.45, 2.75) is 12.5 Å². The van der Waals surface area contributed by atoms with Crippen molar-refractivity contribution in [3.8, 4) is 0 Å². The van der Waals surface area contributed by atoms with Gasteiger partial charge in [0.1, 0.15) is 4.99 Å². The highest BCUT2D eigenvalue weighted by atomic mass is 32.1. The highest BCUT2D eigenvalue weighted by molar-refractivity contribution is 7.80. The van der Waals surface area contributed by atoms with E-state index in [1.807, 2.05) is 0 Å². The van der Waals surface area contributed by atoms with Gasteiger partial charge in [0.25, 0.3) is 0 Å². The molecule has 1 heterocycles. The van der Waals surface area contributed by atoms with E-state index in [0.29, 0.717) is 4.99 Å². The largest absolute Gasteiger partial charge is 0.390 e. The summed E-state index contributed by atoms with van der Waals surface area (Å²) in [4.78, 5) is 5.09. The molecule has 1 atom stereocenters. The molecule has 44 valence electrons. The summed E-state index contributed by atoms with van der Waals surface area (Å²) in [5, 5.41) is 3.49. The van der Waals surface area contributed by atoms with E-state index >= 15 is 0 Å². The quantitative estimate of drug-likeness (QED) is 0.510. The fourth-order valence-electron chi connectivity index (χ4n) is 0.466. The standard InChI is InChI=1S/C4H6N2OS/c5-4(8)3-1-2-6-7-3/h2-3H,1H2,(H2,5,8). The Balaban J connectivity index is 2.41. The second-order valence-electron chi connectivity index (χ2n) is 1.52. The van der Waals surface area contributed by atoms with E-state index in [0.717, 1.165) is 6.42 Å². The van der Waals surface area contributed by atoms with Crippen molar-refractivity contribution in [3.63, 3.8) is 0 Å². The predicted octanol–water partition coefficient (Wildman–Crippen LogP) is 0.0472. The lowest BCUT2D eigenvalue weighted by atomic mass is 10.3. The van der Waals surface area contributed by atoms with Crippen LogP contribution < -0.4 is 5.73 Å². The molecule has 0 amide bonds. The van der Waals surface area contributed by atoms with Gasteiger partial charge >= 0.3 is 0 Å². The Kier molecular flexibility index (Phi) is 1.43. The molecule has 1 aliphatic rings. The summed E-state index contributed by atoms with van der Waals surface area (Å²) in [5.74, 6) is 0. The zero-order valence-electron chi connectivity index (χ0n) is 4.20. The number of rotatable bonds is 1. The molecule has 0 bridgehead atoms. The van der Waals surface area contributed by atoms with E-state index in [1.54, 1.807) is 6.21 Å². The van der Waals surface area contributed by atoms with Crippen LogP contribution in [0.15, 0.2) is 5.16 Å². The number of nitrogens with two attached hydrogens (primary N) is 1. The molecular weight excluding hydrogens is 124 g/mol.